The molecule has 0 amide bonds. The molecule has 0 N–H and O–H groups in total. The zero-order chi connectivity index (χ0) is 24.2. The molecule has 0 heterocycles. The second-order valence-corrected chi connectivity index (χ2v) is 11.6. The zero-order valence-electron chi connectivity index (χ0n) is 18.3. The molecule has 0 saturated carbocycles. The van der Waals surface area contributed by atoms with Crippen LogP contribution in [0.2, 0.25) is 10.0 Å². The molecule has 7 nitrogen and oxygen atoms in total. The SMILES string of the molecule is CCOP(=O)(CN(c1c(OC)ccc2ccccc12)S(=O)(=O)c1cc(Cl)cc(Cl)c1)OCC. The summed E-state index contributed by atoms with van der Waals surface area (Å²) in [5.74, 6) is 0.268. The lowest BCUT2D eigenvalue weighted by Gasteiger charge is -2.30. The topological polar surface area (TPSA) is 82.1 Å². The maximum absolute atomic E-state index is 14.0. The lowest BCUT2D eigenvalue weighted by atomic mass is 10.1. The highest BCUT2D eigenvalue weighted by Crippen LogP contribution is 2.52. The van der Waals surface area contributed by atoms with E-state index in [9.17, 15) is 13.0 Å². The number of hydrogen-bond donors (Lipinski definition) is 0. The van der Waals surface area contributed by atoms with Gasteiger partial charge >= 0.3 is 7.60 Å². The molecule has 3 rings (SSSR count). The highest BCUT2D eigenvalue weighted by Gasteiger charge is 2.37. The largest absolute Gasteiger partial charge is 0.495 e. The summed E-state index contributed by atoms with van der Waals surface area (Å²) in [5, 5.41) is 1.63. The van der Waals surface area contributed by atoms with Crippen LogP contribution in [0.3, 0.4) is 0 Å². The Labute approximate surface area is 203 Å². The first-order chi connectivity index (χ1) is 15.6. The summed E-state index contributed by atoms with van der Waals surface area (Å²) in [5.41, 5.74) is 0.200. The molecule has 3 aromatic rings. The normalized spacial score (nSPS) is 12.2. The number of fused-ring (bicyclic) bond motifs is 1. The molecule has 0 aliphatic heterocycles. The average molecular weight is 532 g/mol. The summed E-state index contributed by atoms with van der Waals surface area (Å²) >= 11 is 12.2. The molecule has 0 bridgehead atoms. The van der Waals surface area contributed by atoms with Crippen molar-refractivity contribution < 1.29 is 26.8 Å². The third kappa shape index (κ3) is 5.65. The van der Waals surface area contributed by atoms with E-state index in [4.69, 9.17) is 37.0 Å². The molecule has 3 aromatic carbocycles. The number of nitrogens with zero attached hydrogens (tertiary/aromatic N) is 1. The van der Waals surface area contributed by atoms with Crippen LogP contribution in [0.5, 0.6) is 5.75 Å². The van der Waals surface area contributed by atoms with Gasteiger partial charge in [0.15, 0.2) is 0 Å². The molecule has 0 aliphatic carbocycles. The Morgan fingerprint density at radius 2 is 1.55 bits per heavy atom. The monoisotopic (exact) mass is 531 g/mol. The van der Waals surface area contributed by atoms with Crippen molar-refractivity contribution in [2.45, 2.75) is 18.7 Å². The van der Waals surface area contributed by atoms with Crippen molar-refractivity contribution in [1.82, 2.24) is 0 Å². The van der Waals surface area contributed by atoms with Gasteiger partial charge in [-0.2, -0.15) is 0 Å². The Balaban J connectivity index is 2.34. The predicted octanol–water partition coefficient (Wildman–Crippen LogP) is 6.57. The van der Waals surface area contributed by atoms with Crippen LogP contribution in [0, 0.1) is 0 Å². The fraction of sp³-hybridized carbons (Fsp3) is 0.273. The minimum Gasteiger partial charge on any atom is -0.495 e. The van der Waals surface area contributed by atoms with Crippen molar-refractivity contribution in [3.8, 4) is 5.75 Å². The molecule has 0 saturated heterocycles. The zero-order valence-corrected chi connectivity index (χ0v) is 21.5. The maximum Gasteiger partial charge on any atom is 0.350 e. The molecule has 33 heavy (non-hydrogen) atoms. The summed E-state index contributed by atoms with van der Waals surface area (Å²) in [6.07, 6.45) is -0.578. The van der Waals surface area contributed by atoms with E-state index in [1.165, 1.54) is 25.3 Å². The van der Waals surface area contributed by atoms with Gasteiger partial charge in [0.05, 0.1) is 25.2 Å². The van der Waals surface area contributed by atoms with Crippen molar-refractivity contribution in [3.63, 3.8) is 0 Å². The smallest absolute Gasteiger partial charge is 0.350 e. The van der Waals surface area contributed by atoms with Gasteiger partial charge < -0.3 is 13.8 Å². The van der Waals surface area contributed by atoms with Gasteiger partial charge in [0.2, 0.25) is 0 Å². The first-order valence-corrected chi connectivity index (χ1v) is 14.0. The van der Waals surface area contributed by atoms with Crippen molar-refractivity contribution in [1.29, 1.82) is 0 Å². The van der Waals surface area contributed by atoms with Crippen LogP contribution < -0.4 is 9.04 Å². The molecule has 0 aliphatic rings. The number of sulfonamides is 1. The van der Waals surface area contributed by atoms with Gasteiger partial charge in [0.1, 0.15) is 17.7 Å². The van der Waals surface area contributed by atoms with E-state index in [0.717, 1.165) is 9.69 Å². The van der Waals surface area contributed by atoms with Crippen LogP contribution >= 0.6 is 30.8 Å². The molecule has 178 valence electrons. The number of hydrogen-bond acceptors (Lipinski definition) is 6. The predicted molar refractivity (Wildman–Crippen MR) is 132 cm³/mol. The van der Waals surface area contributed by atoms with Gasteiger partial charge in [-0.1, -0.05) is 53.5 Å². The summed E-state index contributed by atoms with van der Waals surface area (Å²) in [4.78, 5) is -0.172. The van der Waals surface area contributed by atoms with E-state index in [-0.39, 0.29) is 39.6 Å². The van der Waals surface area contributed by atoms with E-state index in [2.05, 4.69) is 0 Å². The molecule has 0 radical (unpaired) electrons. The lowest BCUT2D eigenvalue weighted by molar-refractivity contribution is 0.221. The third-order valence-corrected chi connectivity index (χ3v) is 8.99. The summed E-state index contributed by atoms with van der Waals surface area (Å²) in [6, 6.07) is 14.6. The molecule has 0 unspecified atom stereocenters. The van der Waals surface area contributed by atoms with Gasteiger partial charge in [0, 0.05) is 15.4 Å². The highest BCUT2D eigenvalue weighted by atomic mass is 35.5. The summed E-state index contributed by atoms with van der Waals surface area (Å²) < 4.78 is 58.8. The molecule has 0 atom stereocenters. The van der Waals surface area contributed by atoms with Crippen LogP contribution in [0.4, 0.5) is 5.69 Å². The van der Waals surface area contributed by atoms with Gasteiger partial charge in [0.25, 0.3) is 10.0 Å². The van der Waals surface area contributed by atoms with Crippen molar-refractivity contribution >= 4 is 57.3 Å². The van der Waals surface area contributed by atoms with Gasteiger partial charge in [-0.3, -0.25) is 4.57 Å². The third-order valence-electron chi connectivity index (χ3n) is 4.71. The van der Waals surface area contributed by atoms with Gasteiger partial charge in [-0.05, 0) is 43.5 Å². The quantitative estimate of drug-likeness (QED) is 0.275. The van der Waals surface area contributed by atoms with Crippen molar-refractivity contribution in [2.75, 3.05) is 30.9 Å². The minimum absolute atomic E-state index is 0.0703. The van der Waals surface area contributed by atoms with Crippen LogP contribution in [-0.4, -0.2) is 35.0 Å². The number of methoxy groups -OCH3 is 1. The minimum atomic E-state index is -4.34. The fourth-order valence-electron chi connectivity index (χ4n) is 3.40. The second kappa shape index (κ2) is 10.6. The van der Waals surface area contributed by atoms with Crippen LogP contribution in [0.15, 0.2) is 59.5 Å². The molecule has 0 spiro atoms. The standard InChI is InChI=1S/C22H24Cl2NO6PS/c1-4-30-32(26,31-5-2)15-25(33(27,28)19-13-17(23)12-18(24)14-19)22-20-9-7-6-8-16(20)10-11-21(22)29-3/h6-14H,4-5,15H2,1-3H3. The molecule has 0 aromatic heterocycles. The van der Waals surface area contributed by atoms with Crippen LogP contribution in [0.25, 0.3) is 10.8 Å². The first-order valence-electron chi connectivity index (χ1n) is 10.1. The molecular weight excluding hydrogens is 508 g/mol. The van der Waals surface area contributed by atoms with Crippen LogP contribution in [0.1, 0.15) is 13.8 Å². The first kappa shape index (κ1) is 25.8. The Bertz CT molecular complexity index is 1270. The molecule has 0 fully saturated rings. The van der Waals surface area contributed by atoms with E-state index < -0.39 is 23.9 Å². The molecular formula is C22H24Cl2NO6PS. The van der Waals surface area contributed by atoms with E-state index in [1.54, 1.807) is 32.0 Å². The van der Waals surface area contributed by atoms with Crippen molar-refractivity contribution in [2.24, 2.45) is 0 Å². The number of halogens is 2. The fourth-order valence-corrected chi connectivity index (χ4v) is 7.80. The van der Waals surface area contributed by atoms with E-state index in [1.807, 2.05) is 18.2 Å². The lowest BCUT2D eigenvalue weighted by Crippen LogP contribution is -2.33. The Morgan fingerprint density at radius 1 is 0.939 bits per heavy atom. The van der Waals surface area contributed by atoms with E-state index in [0.29, 0.717) is 5.39 Å². The van der Waals surface area contributed by atoms with Crippen molar-refractivity contribution in [3.05, 3.63) is 64.6 Å². The Morgan fingerprint density at radius 3 is 2.12 bits per heavy atom. The summed E-state index contributed by atoms with van der Waals surface area (Å²) in [6.45, 7) is 3.45. The van der Waals surface area contributed by atoms with E-state index >= 15 is 0 Å². The number of rotatable bonds is 10. The van der Waals surface area contributed by atoms with Crippen LogP contribution in [-0.2, 0) is 23.6 Å². The highest BCUT2D eigenvalue weighted by molar-refractivity contribution is 7.93. The average Bonchev–Trinajstić information content (AvgIpc) is 2.76. The molecule has 11 heteroatoms. The Kier molecular flexibility index (Phi) is 8.32. The number of ether oxygens (including phenoxy) is 1. The van der Waals surface area contributed by atoms with Gasteiger partial charge in [-0.15, -0.1) is 0 Å². The number of anilines is 1. The Hall–Kier alpha value is -1.80. The second-order valence-electron chi connectivity index (χ2n) is 6.88. The maximum atomic E-state index is 14.0. The summed E-state index contributed by atoms with van der Waals surface area (Å²) in [7, 11) is -6.78. The van der Waals surface area contributed by atoms with Gasteiger partial charge in [-0.25, -0.2) is 12.7 Å². The number of benzene rings is 3.